The van der Waals surface area contributed by atoms with E-state index in [1.165, 1.54) is 18.4 Å². The zero-order chi connectivity index (χ0) is 33.0. The largest absolute Gasteiger partial charge is 0.423 e. The lowest BCUT2D eigenvalue weighted by Crippen LogP contribution is -2.18. The maximum Gasteiger partial charge on any atom is 0.343 e. The van der Waals surface area contributed by atoms with Gasteiger partial charge in [-0.1, -0.05) is 66.2 Å². The number of aryl methyl sites for hydroxylation is 1. The highest BCUT2D eigenvalue weighted by atomic mass is 16.5. The van der Waals surface area contributed by atoms with Crippen LogP contribution < -0.4 is 20.2 Å². The van der Waals surface area contributed by atoms with Gasteiger partial charge < -0.3 is 14.8 Å². The van der Waals surface area contributed by atoms with Gasteiger partial charge in [-0.3, -0.25) is 9.59 Å². The van der Waals surface area contributed by atoms with Crippen molar-refractivity contribution in [2.75, 3.05) is 5.32 Å². The van der Waals surface area contributed by atoms with Gasteiger partial charge in [-0.25, -0.2) is 15.0 Å². The molecule has 0 heterocycles. The number of carbonyl (C=O) groups excluding carboxylic acids is 4. The number of amides is 2. The maximum atomic E-state index is 12.7. The van der Waals surface area contributed by atoms with Crippen molar-refractivity contribution in [2.45, 2.75) is 6.92 Å². The minimum Gasteiger partial charge on any atom is -0.423 e. The summed E-state index contributed by atoms with van der Waals surface area (Å²) in [6.07, 6.45) is 4.08. The molecule has 0 fully saturated rings. The van der Waals surface area contributed by atoms with Crippen LogP contribution in [0.4, 0.5) is 5.69 Å². The molecule has 0 aliphatic heterocycles. The van der Waals surface area contributed by atoms with Gasteiger partial charge in [-0.15, -0.1) is 0 Å². The van der Waals surface area contributed by atoms with E-state index >= 15 is 0 Å². The van der Waals surface area contributed by atoms with E-state index in [1.54, 1.807) is 115 Å². The van der Waals surface area contributed by atoms with Crippen molar-refractivity contribution in [3.05, 3.63) is 167 Å². The van der Waals surface area contributed by atoms with Gasteiger partial charge in [-0.05, 0) is 79.7 Å². The maximum absolute atomic E-state index is 12.7. The van der Waals surface area contributed by atoms with E-state index in [4.69, 9.17) is 9.47 Å². The molecule has 9 nitrogen and oxygen atoms in total. The van der Waals surface area contributed by atoms with E-state index in [0.29, 0.717) is 33.5 Å². The predicted octanol–water partition coefficient (Wildman–Crippen LogP) is 6.85. The molecule has 5 aromatic carbocycles. The molecule has 0 spiro atoms. The number of hydrogen-bond acceptors (Lipinski definition) is 7. The summed E-state index contributed by atoms with van der Waals surface area (Å²) in [5.74, 6) is -1.40. The Labute approximate surface area is 271 Å². The summed E-state index contributed by atoms with van der Waals surface area (Å²) in [6, 6.07) is 35.8. The average Bonchev–Trinajstić information content (AvgIpc) is 3.09. The Morgan fingerprint density at radius 1 is 0.617 bits per heavy atom. The number of benzene rings is 5. The highest BCUT2D eigenvalue weighted by molar-refractivity contribution is 6.04. The zero-order valence-electron chi connectivity index (χ0n) is 25.3. The predicted molar refractivity (Wildman–Crippen MR) is 180 cm³/mol. The fourth-order valence-electron chi connectivity index (χ4n) is 4.35. The molecule has 0 bridgehead atoms. The molecule has 5 rings (SSSR count). The van der Waals surface area contributed by atoms with Crippen molar-refractivity contribution in [1.29, 1.82) is 0 Å². The number of hydrogen-bond donors (Lipinski definition) is 2. The summed E-state index contributed by atoms with van der Waals surface area (Å²) in [7, 11) is 0. The van der Waals surface area contributed by atoms with E-state index in [9.17, 15) is 19.2 Å². The van der Waals surface area contributed by atoms with Crippen molar-refractivity contribution < 1.29 is 28.7 Å². The molecular weight excluding hydrogens is 594 g/mol. The smallest absolute Gasteiger partial charge is 0.343 e. The van der Waals surface area contributed by atoms with Gasteiger partial charge in [0.2, 0.25) is 0 Å². The number of para-hydroxylation sites is 2. The van der Waals surface area contributed by atoms with Crippen LogP contribution in [-0.4, -0.2) is 30.0 Å². The standard InChI is InChI=1S/C38H29N3O6/c1-26-10-9-15-30(24-26)38(45)47-33-16-7-5-11-27(33)20-23-35(42)46-34-17-8-6-14-31(34)25-39-41-37(44)29-18-21-32(22-19-29)40-36(43)28-12-3-2-4-13-28/h2-25H,1H3,(H,40,43)(H,41,44)/b23-20+,39-25+. The van der Waals surface area contributed by atoms with Crippen molar-refractivity contribution in [1.82, 2.24) is 5.43 Å². The molecule has 0 radical (unpaired) electrons. The number of rotatable bonds is 10. The van der Waals surface area contributed by atoms with Crippen LogP contribution in [0.2, 0.25) is 0 Å². The Hall–Kier alpha value is -6.61. The lowest BCUT2D eigenvalue weighted by molar-refractivity contribution is -0.128. The van der Waals surface area contributed by atoms with E-state index in [0.717, 1.165) is 5.56 Å². The Kier molecular flexibility index (Phi) is 10.4. The van der Waals surface area contributed by atoms with Gasteiger partial charge in [0.15, 0.2) is 0 Å². The fraction of sp³-hybridized carbons (Fsp3) is 0.0263. The van der Waals surface area contributed by atoms with Crippen LogP contribution in [0.5, 0.6) is 11.5 Å². The van der Waals surface area contributed by atoms with Gasteiger partial charge in [0.1, 0.15) is 11.5 Å². The van der Waals surface area contributed by atoms with Crippen LogP contribution in [0, 0.1) is 6.92 Å². The van der Waals surface area contributed by atoms with Gasteiger partial charge in [0.25, 0.3) is 11.8 Å². The summed E-state index contributed by atoms with van der Waals surface area (Å²) in [6.45, 7) is 1.89. The Morgan fingerprint density at radius 3 is 1.96 bits per heavy atom. The summed E-state index contributed by atoms with van der Waals surface area (Å²) in [5, 5.41) is 6.79. The number of carbonyl (C=O) groups is 4. The van der Waals surface area contributed by atoms with Crippen LogP contribution in [0.3, 0.4) is 0 Å². The second-order valence-corrected chi connectivity index (χ2v) is 10.2. The van der Waals surface area contributed by atoms with Crippen molar-refractivity contribution in [2.24, 2.45) is 5.10 Å². The summed E-state index contributed by atoms with van der Waals surface area (Å²) in [4.78, 5) is 50.3. The second-order valence-electron chi connectivity index (χ2n) is 10.2. The second kappa shape index (κ2) is 15.4. The Bertz CT molecular complexity index is 1970. The highest BCUT2D eigenvalue weighted by Crippen LogP contribution is 2.22. The number of nitrogens with zero attached hydrogens (tertiary/aromatic N) is 1. The molecule has 0 aromatic heterocycles. The van der Waals surface area contributed by atoms with Crippen LogP contribution in [0.1, 0.15) is 47.8 Å². The van der Waals surface area contributed by atoms with Gasteiger partial charge in [-0.2, -0.15) is 5.10 Å². The lowest BCUT2D eigenvalue weighted by Gasteiger charge is -2.08. The first kappa shape index (κ1) is 31.8. The third-order valence-electron chi connectivity index (χ3n) is 6.71. The molecule has 0 aliphatic carbocycles. The van der Waals surface area contributed by atoms with Gasteiger partial charge in [0, 0.05) is 34.0 Å². The topological polar surface area (TPSA) is 123 Å². The summed E-state index contributed by atoms with van der Waals surface area (Å²) < 4.78 is 11.1. The first-order valence-corrected chi connectivity index (χ1v) is 14.5. The van der Waals surface area contributed by atoms with Gasteiger partial charge >= 0.3 is 11.9 Å². The normalized spacial score (nSPS) is 10.8. The molecular formula is C38H29N3O6. The summed E-state index contributed by atoms with van der Waals surface area (Å²) >= 11 is 0. The van der Waals surface area contributed by atoms with Crippen molar-refractivity contribution in [3.63, 3.8) is 0 Å². The minimum absolute atomic E-state index is 0.220. The molecule has 0 atom stereocenters. The van der Waals surface area contributed by atoms with Crippen molar-refractivity contribution >= 4 is 41.7 Å². The molecule has 0 unspecified atom stereocenters. The quantitative estimate of drug-likeness (QED) is 0.0577. The fourth-order valence-corrected chi connectivity index (χ4v) is 4.35. The first-order chi connectivity index (χ1) is 22.9. The number of esters is 2. The third kappa shape index (κ3) is 8.96. The molecule has 0 saturated heterocycles. The SMILES string of the molecule is Cc1cccc(C(=O)Oc2ccccc2/C=C/C(=O)Oc2ccccc2/C=N/NC(=O)c2ccc(NC(=O)c3ccccc3)cc2)c1. The molecule has 2 amide bonds. The monoisotopic (exact) mass is 623 g/mol. The first-order valence-electron chi connectivity index (χ1n) is 14.5. The van der Waals surface area contributed by atoms with E-state index < -0.39 is 17.8 Å². The van der Waals surface area contributed by atoms with Crippen LogP contribution >= 0.6 is 0 Å². The number of anilines is 1. The molecule has 5 aromatic rings. The zero-order valence-corrected chi connectivity index (χ0v) is 25.3. The number of ether oxygens (including phenoxy) is 2. The molecule has 9 heteroatoms. The van der Waals surface area contributed by atoms with Crippen LogP contribution in [-0.2, 0) is 4.79 Å². The molecule has 0 aliphatic rings. The van der Waals surface area contributed by atoms with Crippen LogP contribution in [0.25, 0.3) is 6.08 Å². The van der Waals surface area contributed by atoms with Gasteiger partial charge in [0.05, 0.1) is 11.8 Å². The lowest BCUT2D eigenvalue weighted by atomic mass is 10.1. The number of hydrazone groups is 1. The average molecular weight is 624 g/mol. The van der Waals surface area contributed by atoms with Crippen molar-refractivity contribution in [3.8, 4) is 11.5 Å². The molecule has 2 N–H and O–H groups in total. The Balaban J connectivity index is 1.17. The third-order valence-corrected chi connectivity index (χ3v) is 6.71. The molecule has 0 saturated carbocycles. The molecule has 47 heavy (non-hydrogen) atoms. The highest BCUT2D eigenvalue weighted by Gasteiger charge is 2.12. The summed E-state index contributed by atoms with van der Waals surface area (Å²) in [5.41, 5.74) is 6.13. The van der Waals surface area contributed by atoms with E-state index in [-0.39, 0.29) is 17.4 Å². The number of nitrogens with one attached hydrogen (secondary N) is 2. The Morgan fingerprint density at radius 2 is 1.23 bits per heavy atom. The van der Waals surface area contributed by atoms with E-state index in [1.807, 2.05) is 19.1 Å². The molecule has 232 valence electrons. The minimum atomic E-state index is -0.672. The van der Waals surface area contributed by atoms with Crippen LogP contribution in [0.15, 0.2) is 139 Å². The van der Waals surface area contributed by atoms with E-state index in [2.05, 4.69) is 15.8 Å².